The molecule has 0 radical (unpaired) electrons. The summed E-state index contributed by atoms with van der Waals surface area (Å²) in [5, 5.41) is 2.77. The molecular formula is C21H30N2O6. The zero-order valence-corrected chi connectivity index (χ0v) is 17.5. The summed E-state index contributed by atoms with van der Waals surface area (Å²) in [5.74, 6) is -0.716. The van der Waals surface area contributed by atoms with Gasteiger partial charge in [0, 0.05) is 19.2 Å². The van der Waals surface area contributed by atoms with Crippen LogP contribution in [0.25, 0.3) is 0 Å². The van der Waals surface area contributed by atoms with E-state index in [4.69, 9.17) is 14.2 Å². The van der Waals surface area contributed by atoms with E-state index in [0.29, 0.717) is 17.9 Å². The highest BCUT2D eigenvalue weighted by Gasteiger charge is 2.19. The Labute approximate surface area is 171 Å². The predicted octanol–water partition coefficient (Wildman–Crippen LogP) is 1.77. The summed E-state index contributed by atoms with van der Waals surface area (Å²) in [6.07, 6.45) is 2.16. The molecule has 8 nitrogen and oxygen atoms in total. The Morgan fingerprint density at radius 2 is 1.90 bits per heavy atom. The molecule has 29 heavy (non-hydrogen) atoms. The highest BCUT2D eigenvalue weighted by Crippen LogP contribution is 2.17. The molecule has 0 saturated carbocycles. The molecule has 2 rings (SSSR count). The standard InChI is InChI=1S/C21H30N2O6/c1-21(2,3)22-18(24)12-23(4)19(25)14-29-20(26)15-7-9-16(10-8-15)28-13-17-6-5-11-27-17/h7-10,17H,5-6,11-14H2,1-4H3,(H,22,24)/t17-/m1/s1. The van der Waals surface area contributed by atoms with Gasteiger partial charge in [0.05, 0.1) is 18.2 Å². The van der Waals surface area contributed by atoms with E-state index in [-0.39, 0.29) is 24.1 Å². The first-order valence-electron chi connectivity index (χ1n) is 9.70. The Bertz CT molecular complexity index is 705. The van der Waals surface area contributed by atoms with Crippen LogP contribution in [0.2, 0.25) is 0 Å². The lowest BCUT2D eigenvalue weighted by Gasteiger charge is -2.23. The Balaban J connectivity index is 1.74. The molecule has 0 spiro atoms. The third kappa shape index (κ3) is 8.11. The molecule has 2 amide bonds. The second kappa shape index (κ2) is 10.2. The fourth-order valence-electron chi connectivity index (χ4n) is 2.73. The number of hydrogen-bond donors (Lipinski definition) is 1. The molecule has 160 valence electrons. The van der Waals surface area contributed by atoms with Crippen LogP contribution in [0.15, 0.2) is 24.3 Å². The number of nitrogens with zero attached hydrogens (tertiary/aromatic N) is 1. The third-order valence-electron chi connectivity index (χ3n) is 4.20. The minimum absolute atomic E-state index is 0.107. The zero-order valence-electron chi connectivity index (χ0n) is 17.5. The minimum atomic E-state index is -0.614. The molecule has 0 aliphatic carbocycles. The Morgan fingerprint density at radius 1 is 1.21 bits per heavy atom. The van der Waals surface area contributed by atoms with Gasteiger partial charge in [-0.2, -0.15) is 0 Å². The second-order valence-corrected chi connectivity index (χ2v) is 8.09. The molecule has 1 fully saturated rings. The molecular weight excluding hydrogens is 376 g/mol. The number of amides is 2. The summed E-state index contributed by atoms with van der Waals surface area (Å²) < 4.78 is 16.2. The Kier molecular flexibility index (Phi) is 8.01. The van der Waals surface area contributed by atoms with Crippen LogP contribution < -0.4 is 10.1 Å². The second-order valence-electron chi connectivity index (χ2n) is 8.09. The fraction of sp³-hybridized carbons (Fsp3) is 0.571. The number of rotatable bonds is 8. The topological polar surface area (TPSA) is 94.2 Å². The van der Waals surface area contributed by atoms with E-state index < -0.39 is 18.5 Å². The molecule has 0 aromatic heterocycles. The molecule has 1 aliphatic heterocycles. The maximum absolute atomic E-state index is 12.1. The maximum atomic E-state index is 12.1. The van der Waals surface area contributed by atoms with Gasteiger partial charge in [0.25, 0.3) is 5.91 Å². The lowest BCUT2D eigenvalue weighted by molar-refractivity contribution is -0.137. The van der Waals surface area contributed by atoms with Gasteiger partial charge in [0.2, 0.25) is 5.91 Å². The molecule has 1 aromatic carbocycles. The van der Waals surface area contributed by atoms with Gasteiger partial charge in [0.1, 0.15) is 12.4 Å². The smallest absolute Gasteiger partial charge is 0.338 e. The molecule has 1 heterocycles. The van der Waals surface area contributed by atoms with Crippen LogP contribution in [0.3, 0.4) is 0 Å². The molecule has 8 heteroatoms. The number of benzene rings is 1. The van der Waals surface area contributed by atoms with Gasteiger partial charge in [-0.05, 0) is 57.9 Å². The normalized spacial score (nSPS) is 16.2. The summed E-state index contributed by atoms with van der Waals surface area (Å²) in [7, 11) is 1.48. The lowest BCUT2D eigenvalue weighted by atomic mass is 10.1. The van der Waals surface area contributed by atoms with Crippen LogP contribution in [0, 0.1) is 0 Å². The van der Waals surface area contributed by atoms with Crippen LogP contribution in [-0.4, -0.2) is 67.7 Å². The van der Waals surface area contributed by atoms with Crippen molar-refractivity contribution < 1.29 is 28.6 Å². The lowest BCUT2D eigenvalue weighted by Crippen LogP contribution is -2.46. The minimum Gasteiger partial charge on any atom is -0.491 e. The van der Waals surface area contributed by atoms with E-state index in [0.717, 1.165) is 19.4 Å². The van der Waals surface area contributed by atoms with Gasteiger partial charge >= 0.3 is 5.97 Å². The van der Waals surface area contributed by atoms with Crippen molar-refractivity contribution in [1.29, 1.82) is 0 Å². The SMILES string of the molecule is CN(CC(=O)NC(C)(C)C)C(=O)COC(=O)c1ccc(OC[C@H]2CCCO2)cc1. The molecule has 1 aliphatic rings. The average Bonchev–Trinajstić information content (AvgIpc) is 3.16. The number of esters is 1. The highest BCUT2D eigenvalue weighted by molar-refractivity contribution is 5.92. The van der Waals surface area contributed by atoms with Crippen LogP contribution in [0.1, 0.15) is 44.0 Å². The van der Waals surface area contributed by atoms with E-state index in [1.54, 1.807) is 24.3 Å². The summed E-state index contributed by atoms with van der Waals surface area (Å²) >= 11 is 0. The van der Waals surface area contributed by atoms with E-state index in [1.807, 2.05) is 20.8 Å². The molecule has 1 N–H and O–H groups in total. The number of hydrogen-bond acceptors (Lipinski definition) is 6. The van der Waals surface area contributed by atoms with Crippen LogP contribution in [0.5, 0.6) is 5.75 Å². The van der Waals surface area contributed by atoms with Crippen LogP contribution in [0.4, 0.5) is 0 Å². The first-order valence-corrected chi connectivity index (χ1v) is 9.70. The number of likely N-dealkylation sites (N-methyl/N-ethyl adjacent to an activating group) is 1. The molecule has 0 unspecified atom stereocenters. The van der Waals surface area contributed by atoms with Gasteiger partial charge in [-0.1, -0.05) is 0 Å². The average molecular weight is 406 g/mol. The van der Waals surface area contributed by atoms with Crippen molar-refractivity contribution in [2.24, 2.45) is 0 Å². The van der Waals surface area contributed by atoms with Gasteiger partial charge in [0.15, 0.2) is 6.61 Å². The van der Waals surface area contributed by atoms with Gasteiger partial charge in [-0.15, -0.1) is 0 Å². The van der Waals surface area contributed by atoms with Crippen molar-refractivity contribution in [2.75, 3.05) is 33.4 Å². The Hall–Kier alpha value is -2.61. The van der Waals surface area contributed by atoms with Gasteiger partial charge in [-0.25, -0.2) is 4.79 Å². The molecule has 1 aromatic rings. The van der Waals surface area contributed by atoms with Gasteiger partial charge in [-0.3, -0.25) is 9.59 Å². The summed E-state index contributed by atoms with van der Waals surface area (Å²) in [5.41, 5.74) is -0.0663. The predicted molar refractivity (Wildman–Crippen MR) is 107 cm³/mol. The highest BCUT2D eigenvalue weighted by atomic mass is 16.5. The third-order valence-corrected chi connectivity index (χ3v) is 4.20. The number of nitrogens with one attached hydrogen (secondary N) is 1. The quantitative estimate of drug-likeness (QED) is 0.662. The van der Waals surface area contributed by atoms with E-state index in [1.165, 1.54) is 11.9 Å². The summed E-state index contributed by atoms with van der Waals surface area (Å²) in [6, 6.07) is 6.52. The first-order chi connectivity index (χ1) is 13.6. The number of carbonyl (C=O) groups excluding carboxylic acids is 3. The van der Waals surface area contributed by atoms with Crippen molar-refractivity contribution in [3.63, 3.8) is 0 Å². The largest absolute Gasteiger partial charge is 0.491 e. The van der Waals surface area contributed by atoms with E-state index in [9.17, 15) is 14.4 Å². The Morgan fingerprint density at radius 3 is 2.48 bits per heavy atom. The van der Waals surface area contributed by atoms with Crippen LogP contribution >= 0.6 is 0 Å². The number of carbonyl (C=O) groups is 3. The van der Waals surface area contributed by atoms with Crippen molar-refractivity contribution in [2.45, 2.75) is 45.3 Å². The maximum Gasteiger partial charge on any atom is 0.338 e. The zero-order chi connectivity index (χ0) is 21.4. The fourth-order valence-corrected chi connectivity index (χ4v) is 2.73. The van der Waals surface area contributed by atoms with E-state index >= 15 is 0 Å². The molecule has 1 saturated heterocycles. The van der Waals surface area contributed by atoms with E-state index in [2.05, 4.69) is 5.32 Å². The van der Waals surface area contributed by atoms with Crippen molar-refractivity contribution in [3.8, 4) is 5.75 Å². The first kappa shape index (κ1) is 22.7. The summed E-state index contributed by atoms with van der Waals surface area (Å²) in [6.45, 7) is 6.27. The number of ether oxygens (including phenoxy) is 3. The van der Waals surface area contributed by atoms with Crippen molar-refractivity contribution in [3.05, 3.63) is 29.8 Å². The van der Waals surface area contributed by atoms with Crippen LogP contribution in [-0.2, 0) is 19.1 Å². The van der Waals surface area contributed by atoms with Crippen molar-refractivity contribution >= 4 is 17.8 Å². The summed E-state index contributed by atoms with van der Waals surface area (Å²) in [4.78, 5) is 37.3. The molecule has 1 atom stereocenters. The monoisotopic (exact) mass is 406 g/mol. The van der Waals surface area contributed by atoms with Gasteiger partial charge < -0.3 is 24.4 Å². The molecule has 0 bridgehead atoms. The van der Waals surface area contributed by atoms with Crippen molar-refractivity contribution in [1.82, 2.24) is 10.2 Å².